The molecule has 0 bridgehead atoms. The van der Waals surface area contributed by atoms with Gasteiger partial charge in [-0.15, -0.1) is 11.3 Å². The summed E-state index contributed by atoms with van der Waals surface area (Å²) in [4.78, 5) is 19.3. The van der Waals surface area contributed by atoms with E-state index in [-0.39, 0.29) is 17.3 Å². The van der Waals surface area contributed by atoms with Crippen LogP contribution in [0.5, 0.6) is 0 Å². The Kier molecular flexibility index (Phi) is 5.05. The molecule has 2 aliphatic rings. The molecule has 2 aromatic rings. The van der Waals surface area contributed by atoms with Gasteiger partial charge >= 0.3 is 0 Å². The van der Waals surface area contributed by atoms with Gasteiger partial charge in [0.25, 0.3) is 0 Å². The van der Waals surface area contributed by atoms with Crippen LogP contribution in [0.1, 0.15) is 37.1 Å². The molecular formula is C20H23FN2O2S. The quantitative estimate of drug-likeness (QED) is 0.814. The van der Waals surface area contributed by atoms with Gasteiger partial charge in [-0.1, -0.05) is 19.3 Å². The maximum Gasteiger partial charge on any atom is 0.229 e. The Morgan fingerprint density at radius 1 is 1.23 bits per heavy atom. The molecule has 1 spiro atoms. The number of rotatable bonds is 3. The van der Waals surface area contributed by atoms with E-state index in [0.717, 1.165) is 29.1 Å². The van der Waals surface area contributed by atoms with E-state index >= 15 is 0 Å². The molecule has 0 N–H and O–H groups in total. The first-order valence-corrected chi connectivity index (χ1v) is 10.1. The Morgan fingerprint density at radius 3 is 2.77 bits per heavy atom. The molecule has 26 heavy (non-hydrogen) atoms. The van der Waals surface area contributed by atoms with Gasteiger partial charge in [0.2, 0.25) is 5.91 Å². The van der Waals surface area contributed by atoms with Gasteiger partial charge in [0.15, 0.2) is 0 Å². The molecule has 1 saturated heterocycles. The summed E-state index contributed by atoms with van der Waals surface area (Å²) >= 11 is 1.48. The van der Waals surface area contributed by atoms with E-state index in [1.54, 1.807) is 12.1 Å². The summed E-state index contributed by atoms with van der Waals surface area (Å²) in [5.74, 6) is -0.137. The summed E-state index contributed by atoms with van der Waals surface area (Å²) < 4.78 is 19.1. The van der Waals surface area contributed by atoms with Gasteiger partial charge in [0.05, 0.1) is 24.3 Å². The number of amides is 1. The van der Waals surface area contributed by atoms with E-state index in [1.165, 1.54) is 42.7 Å². The average molecular weight is 374 g/mol. The van der Waals surface area contributed by atoms with Crippen LogP contribution < -0.4 is 0 Å². The highest BCUT2D eigenvalue weighted by Crippen LogP contribution is 2.34. The highest BCUT2D eigenvalue weighted by atomic mass is 32.1. The first-order chi connectivity index (χ1) is 12.6. The normalized spacial score (nSPS) is 19.7. The Bertz CT molecular complexity index is 763. The van der Waals surface area contributed by atoms with Crippen molar-refractivity contribution in [2.45, 2.75) is 44.1 Å². The second-order valence-corrected chi connectivity index (χ2v) is 8.16. The molecule has 4 nitrogen and oxygen atoms in total. The standard InChI is InChI=1S/C20H23FN2O2S/c21-16-6-4-15(5-7-16)17-13-26-18(22-17)12-19(24)23-10-11-25-20(14-23)8-2-1-3-9-20/h4-7,13H,1-3,8-12,14H2. The Balaban J connectivity index is 1.41. The molecule has 0 atom stereocenters. The van der Waals surface area contributed by atoms with Crippen LogP contribution >= 0.6 is 11.3 Å². The smallest absolute Gasteiger partial charge is 0.229 e. The molecule has 2 heterocycles. The topological polar surface area (TPSA) is 42.4 Å². The first kappa shape index (κ1) is 17.6. The van der Waals surface area contributed by atoms with Crippen molar-refractivity contribution < 1.29 is 13.9 Å². The van der Waals surface area contributed by atoms with Crippen molar-refractivity contribution in [3.8, 4) is 11.3 Å². The number of carbonyl (C=O) groups excluding carboxylic acids is 1. The number of ether oxygens (including phenoxy) is 1. The fourth-order valence-corrected chi connectivity index (χ4v) is 4.74. The van der Waals surface area contributed by atoms with Gasteiger partial charge < -0.3 is 9.64 Å². The largest absolute Gasteiger partial charge is 0.371 e. The number of halogens is 1. The predicted molar refractivity (Wildman–Crippen MR) is 99.6 cm³/mol. The first-order valence-electron chi connectivity index (χ1n) is 9.26. The second-order valence-electron chi connectivity index (χ2n) is 7.22. The van der Waals surface area contributed by atoms with Crippen LogP contribution in [-0.4, -0.2) is 41.1 Å². The lowest BCUT2D eigenvalue weighted by atomic mass is 9.83. The van der Waals surface area contributed by atoms with Crippen LogP contribution in [0.4, 0.5) is 4.39 Å². The lowest BCUT2D eigenvalue weighted by Gasteiger charge is -2.45. The van der Waals surface area contributed by atoms with Crippen molar-refractivity contribution in [2.75, 3.05) is 19.7 Å². The molecule has 1 aliphatic heterocycles. The number of morpholine rings is 1. The molecule has 0 radical (unpaired) electrons. The van der Waals surface area contributed by atoms with Crippen LogP contribution in [0.2, 0.25) is 0 Å². The van der Waals surface area contributed by atoms with Crippen LogP contribution in [0.15, 0.2) is 29.6 Å². The van der Waals surface area contributed by atoms with Crippen LogP contribution in [0.25, 0.3) is 11.3 Å². The maximum absolute atomic E-state index is 13.1. The number of aromatic nitrogens is 1. The van der Waals surface area contributed by atoms with E-state index in [4.69, 9.17) is 4.74 Å². The number of nitrogens with zero attached hydrogens (tertiary/aromatic N) is 2. The third kappa shape index (κ3) is 3.81. The molecule has 0 unspecified atom stereocenters. The van der Waals surface area contributed by atoms with E-state index in [0.29, 0.717) is 26.1 Å². The average Bonchev–Trinajstić information content (AvgIpc) is 3.11. The molecule has 1 aliphatic carbocycles. The van der Waals surface area contributed by atoms with Gasteiger partial charge in [-0.25, -0.2) is 9.37 Å². The minimum atomic E-state index is -0.261. The predicted octanol–water partition coefficient (Wildman–Crippen LogP) is 4.05. The van der Waals surface area contributed by atoms with Crippen molar-refractivity contribution in [3.05, 3.63) is 40.5 Å². The molecule has 138 valence electrons. The third-order valence-electron chi connectivity index (χ3n) is 5.36. The molecule has 2 fully saturated rings. The summed E-state index contributed by atoms with van der Waals surface area (Å²) in [6.45, 7) is 2.00. The van der Waals surface area contributed by atoms with E-state index < -0.39 is 0 Å². The monoisotopic (exact) mass is 374 g/mol. The summed E-state index contributed by atoms with van der Waals surface area (Å²) in [7, 11) is 0. The Labute approximate surface area is 157 Å². The zero-order valence-corrected chi connectivity index (χ0v) is 15.6. The molecule has 1 aromatic carbocycles. The van der Waals surface area contributed by atoms with Gasteiger partial charge in [0, 0.05) is 24.0 Å². The van der Waals surface area contributed by atoms with Crippen molar-refractivity contribution in [2.24, 2.45) is 0 Å². The number of benzene rings is 1. The minimum Gasteiger partial charge on any atom is -0.371 e. The molecular weight excluding hydrogens is 351 g/mol. The van der Waals surface area contributed by atoms with Crippen molar-refractivity contribution in [3.63, 3.8) is 0 Å². The van der Waals surface area contributed by atoms with E-state index in [2.05, 4.69) is 4.98 Å². The van der Waals surface area contributed by atoms with Crippen LogP contribution in [0, 0.1) is 5.82 Å². The summed E-state index contributed by atoms with van der Waals surface area (Å²) in [6, 6.07) is 6.28. The lowest BCUT2D eigenvalue weighted by Crippen LogP contribution is -2.54. The van der Waals surface area contributed by atoms with Gasteiger partial charge in [0.1, 0.15) is 10.8 Å². The maximum atomic E-state index is 13.1. The third-order valence-corrected chi connectivity index (χ3v) is 6.21. The van der Waals surface area contributed by atoms with Crippen LogP contribution in [0.3, 0.4) is 0 Å². The number of hydrogen-bond donors (Lipinski definition) is 0. The van der Waals surface area contributed by atoms with Gasteiger partial charge in [-0.2, -0.15) is 0 Å². The summed E-state index contributed by atoms with van der Waals surface area (Å²) in [5, 5.41) is 2.73. The molecule has 1 aromatic heterocycles. The number of thiazole rings is 1. The van der Waals surface area contributed by atoms with Crippen LogP contribution in [-0.2, 0) is 16.0 Å². The highest BCUT2D eigenvalue weighted by Gasteiger charge is 2.39. The Morgan fingerprint density at radius 2 is 2.00 bits per heavy atom. The summed E-state index contributed by atoms with van der Waals surface area (Å²) in [6.07, 6.45) is 6.09. The van der Waals surface area contributed by atoms with E-state index in [9.17, 15) is 9.18 Å². The number of carbonyl (C=O) groups is 1. The van der Waals surface area contributed by atoms with Gasteiger partial charge in [-0.3, -0.25) is 4.79 Å². The summed E-state index contributed by atoms with van der Waals surface area (Å²) in [5.41, 5.74) is 1.55. The zero-order valence-electron chi connectivity index (χ0n) is 14.7. The number of hydrogen-bond acceptors (Lipinski definition) is 4. The molecule has 4 rings (SSSR count). The molecule has 1 saturated carbocycles. The van der Waals surface area contributed by atoms with E-state index in [1.807, 2.05) is 10.3 Å². The fourth-order valence-electron chi connectivity index (χ4n) is 3.94. The Hall–Kier alpha value is -1.79. The van der Waals surface area contributed by atoms with Crippen molar-refractivity contribution in [1.29, 1.82) is 0 Å². The second kappa shape index (κ2) is 7.45. The molecule has 6 heteroatoms. The highest BCUT2D eigenvalue weighted by molar-refractivity contribution is 7.10. The van der Waals surface area contributed by atoms with Crippen molar-refractivity contribution in [1.82, 2.24) is 9.88 Å². The zero-order chi connectivity index (χ0) is 18.0. The van der Waals surface area contributed by atoms with Gasteiger partial charge in [-0.05, 0) is 37.1 Å². The fraction of sp³-hybridized carbons (Fsp3) is 0.500. The molecule has 1 amide bonds. The lowest BCUT2D eigenvalue weighted by molar-refractivity contribution is -0.155. The minimum absolute atomic E-state index is 0.117. The SMILES string of the molecule is O=C(Cc1nc(-c2ccc(F)cc2)cs1)N1CCOC2(CCCCC2)C1. The van der Waals surface area contributed by atoms with Crippen molar-refractivity contribution >= 4 is 17.2 Å².